The Kier molecular flexibility index (Phi) is 6.59. The summed E-state index contributed by atoms with van der Waals surface area (Å²) < 4.78 is 28.1. The summed E-state index contributed by atoms with van der Waals surface area (Å²) in [6.07, 6.45) is 0.0879. The van der Waals surface area contributed by atoms with Gasteiger partial charge >= 0.3 is 6.09 Å². The number of sulfonamides is 1. The molecular formula is C21H24N4O5S2. The predicted octanol–water partition coefficient (Wildman–Crippen LogP) is 2.74. The number of thiophene rings is 1. The summed E-state index contributed by atoms with van der Waals surface area (Å²) in [6.45, 7) is 6.14. The third-order valence-corrected chi connectivity index (χ3v) is 6.75. The summed E-state index contributed by atoms with van der Waals surface area (Å²) in [5.41, 5.74) is 1.25. The fourth-order valence-corrected chi connectivity index (χ4v) is 4.99. The van der Waals surface area contributed by atoms with Crippen molar-refractivity contribution >= 4 is 38.4 Å². The summed E-state index contributed by atoms with van der Waals surface area (Å²) >= 11 is 1.27. The second-order valence-corrected chi connectivity index (χ2v) is 11.1. The zero-order chi connectivity index (χ0) is 23.7. The number of nitrogens with zero attached hydrogens (tertiary/aromatic N) is 2. The maximum atomic E-state index is 12.5. The van der Waals surface area contributed by atoms with Crippen LogP contribution in [0.2, 0.25) is 0 Å². The smallest absolute Gasteiger partial charge is 0.410 e. The molecule has 3 N–H and O–H groups in total. The first-order valence-corrected chi connectivity index (χ1v) is 12.2. The first-order valence-electron chi connectivity index (χ1n) is 9.81. The number of primary sulfonamides is 1. The second-order valence-electron chi connectivity index (χ2n) is 8.39. The second kappa shape index (κ2) is 8.90. The van der Waals surface area contributed by atoms with Gasteiger partial charge in [-0.3, -0.25) is 4.79 Å². The molecule has 0 fully saturated rings. The lowest BCUT2D eigenvalue weighted by molar-refractivity contribution is -0.115. The minimum absolute atomic E-state index is 0.00235. The molecule has 32 heavy (non-hydrogen) atoms. The Hall–Kier alpha value is -2.94. The Balaban J connectivity index is 1.71. The van der Waals surface area contributed by atoms with Crippen LogP contribution in [0.5, 0.6) is 0 Å². The summed E-state index contributed by atoms with van der Waals surface area (Å²) in [5.74, 6) is -0.340. The maximum Gasteiger partial charge on any atom is 0.410 e. The Morgan fingerprint density at radius 3 is 2.50 bits per heavy atom. The van der Waals surface area contributed by atoms with Crippen molar-refractivity contribution in [2.45, 2.75) is 50.7 Å². The number of carbonyl (C=O) groups excluding carboxylic acids is 2. The number of rotatable bonds is 4. The van der Waals surface area contributed by atoms with Crippen LogP contribution in [0.1, 0.15) is 42.3 Å². The van der Waals surface area contributed by atoms with Gasteiger partial charge in [-0.2, -0.15) is 5.26 Å². The number of nitrogens with two attached hydrogens (primary N) is 1. The van der Waals surface area contributed by atoms with Crippen molar-refractivity contribution in [2.75, 3.05) is 11.9 Å². The molecule has 11 heteroatoms. The fraction of sp³-hybridized carbons (Fsp3) is 0.381. The van der Waals surface area contributed by atoms with E-state index in [2.05, 4.69) is 11.4 Å². The van der Waals surface area contributed by atoms with Crippen LogP contribution in [0.3, 0.4) is 0 Å². The number of nitrogens with one attached hydrogen (secondary N) is 1. The Labute approximate surface area is 190 Å². The van der Waals surface area contributed by atoms with Gasteiger partial charge in [0.15, 0.2) is 0 Å². The molecule has 0 saturated heterocycles. The zero-order valence-electron chi connectivity index (χ0n) is 18.0. The van der Waals surface area contributed by atoms with Gasteiger partial charge in [0, 0.05) is 11.4 Å². The van der Waals surface area contributed by atoms with Crippen molar-refractivity contribution < 1.29 is 22.7 Å². The van der Waals surface area contributed by atoms with Crippen LogP contribution in [0.4, 0.5) is 9.80 Å². The highest BCUT2D eigenvalue weighted by molar-refractivity contribution is 7.89. The van der Waals surface area contributed by atoms with E-state index >= 15 is 0 Å². The average molecular weight is 477 g/mol. The number of hydrogen-bond donors (Lipinski definition) is 2. The molecule has 1 aliphatic heterocycles. The lowest BCUT2D eigenvalue weighted by Gasteiger charge is -2.29. The normalized spacial score (nSPS) is 13.8. The van der Waals surface area contributed by atoms with Gasteiger partial charge in [0.05, 0.1) is 23.4 Å². The van der Waals surface area contributed by atoms with Crippen LogP contribution in [0, 0.1) is 11.3 Å². The van der Waals surface area contributed by atoms with Crippen LogP contribution < -0.4 is 10.5 Å². The Bertz CT molecular complexity index is 1190. The van der Waals surface area contributed by atoms with Crippen molar-refractivity contribution in [2.24, 2.45) is 5.14 Å². The third-order valence-electron chi connectivity index (χ3n) is 4.69. The van der Waals surface area contributed by atoms with Gasteiger partial charge < -0.3 is 15.0 Å². The molecule has 0 radical (unpaired) electrons. The zero-order valence-corrected chi connectivity index (χ0v) is 19.6. The van der Waals surface area contributed by atoms with E-state index in [1.54, 1.807) is 25.7 Å². The number of amides is 2. The van der Waals surface area contributed by atoms with Crippen molar-refractivity contribution in [3.8, 4) is 6.07 Å². The van der Waals surface area contributed by atoms with Crippen molar-refractivity contribution in [1.82, 2.24) is 4.90 Å². The molecular weight excluding hydrogens is 452 g/mol. The van der Waals surface area contributed by atoms with Gasteiger partial charge in [-0.15, -0.1) is 11.3 Å². The first-order chi connectivity index (χ1) is 14.9. The number of fused-ring (bicyclic) bond motifs is 1. The van der Waals surface area contributed by atoms with Crippen LogP contribution in [0.15, 0.2) is 29.2 Å². The highest BCUT2D eigenvalue weighted by atomic mass is 32.2. The average Bonchev–Trinajstić information content (AvgIpc) is 3.02. The fourth-order valence-electron chi connectivity index (χ4n) is 3.25. The van der Waals surface area contributed by atoms with Gasteiger partial charge in [-0.1, -0.05) is 12.1 Å². The number of nitriles is 1. The summed E-state index contributed by atoms with van der Waals surface area (Å²) in [7, 11) is -3.80. The molecule has 170 valence electrons. The van der Waals surface area contributed by atoms with Crippen LogP contribution in [-0.2, 0) is 38.9 Å². The largest absolute Gasteiger partial charge is 0.444 e. The van der Waals surface area contributed by atoms with Crippen LogP contribution in [0.25, 0.3) is 0 Å². The monoisotopic (exact) mass is 476 g/mol. The molecule has 0 aliphatic carbocycles. The molecule has 0 spiro atoms. The minimum Gasteiger partial charge on any atom is -0.444 e. The van der Waals surface area contributed by atoms with Gasteiger partial charge in [0.1, 0.15) is 16.7 Å². The van der Waals surface area contributed by atoms with Crippen LogP contribution >= 0.6 is 11.3 Å². The molecule has 0 bridgehead atoms. The Morgan fingerprint density at radius 1 is 1.28 bits per heavy atom. The van der Waals surface area contributed by atoms with E-state index < -0.39 is 21.7 Å². The lowest BCUT2D eigenvalue weighted by Crippen LogP contribution is -2.39. The van der Waals surface area contributed by atoms with E-state index in [4.69, 9.17) is 9.88 Å². The predicted molar refractivity (Wildman–Crippen MR) is 120 cm³/mol. The quantitative estimate of drug-likeness (QED) is 0.695. The van der Waals surface area contributed by atoms with Gasteiger partial charge in [-0.25, -0.2) is 18.4 Å². The van der Waals surface area contributed by atoms with E-state index in [9.17, 15) is 23.3 Å². The lowest BCUT2D eigenvalue weighted by atomic mass is 10.0. The standard InChI is InChI=1S/C21H24N4O5S2/c1-21(2,3)30-20(27)25-9-8-15-16(11-22)19(31-17(15)12-25)24-18(26)10-13-4-6-14(7-5-13)32(23,28)29/h4-7H,8-10,12H2,1-3H3,(H,24,26)(H2,23,28,29). The van der Waals surface area contributed by atoms with Gasteiger partial charge in [-0.05, 0) is 50.5 Å². The van der Waals surface area contributed by atoms with Crippen molar-refractivity contribution in [3.05, 3.63) is 45.8 Å². The molecule has 9 nitrogen and oxygen atoms in total. The highest BCUT2D eigenvalue weighted by Gasteiger charge is 2.30. The molecule has 0 unspecified atom stereocenters. The molecule has 0 atom stereocenters. The molecule has 3 rings (SSSR count). The van der Waals surface area contributed by atoms with Crippen molar-refractivity contribution in [1.29, 1.82) is 5.26 Å². The summed E-state index contributed by atoms with van der Waals surface area (Å²) in [6, 6.07) is 7.87. The number of anilines is 1. The molecule has 1 aromatic carbocycles. The van der Waals surface area contributed by atoms with Gasteiger partial charge in [0.2, 0.25) is 15.9 Å². The van der Waals surface area contributed by atoms with Gasteiger partial charge in [0.25, 0.3) is 0 Å². The molecule has 0 saturated carbocycles. The molecule has 2 heterocycles. The van der Waals surface area contributed by atoms with Crippen molar-refractivity contribution in [3.63, 3.8) is 0 Å². The highest BCUT2D eigenvalue weighted by Crippen LogP contribution is 2.37. The van der Waals surface area contributed by atoms with E-state index in [0.29, 0.717) is 35.6 Å². The third kappa shape index (κ3) is 5.64. The SMILES string of the molecule is CC(C)(C)OC(=O)N1CCc2c(sc(NC(=O)Cc3ccc(S(N)(=O)=O)cc3)c2C#N)C1. The summed E-state index contributed by atoms with van der Waals surface area (Å²) in [4.78, 5) is 27.3. The topological polar surface area (TPSA) is 143 Å². The van der Waals surface area contributed by atoms with E-state index in [-0.39, 0.29) is 17.2 Å². The molecule has 2 aromatic rings. The molecule has 1 aromatic heterocycles. The number of hydrogen-bond acceptors (Lipinski definition) is 7. The first kappa shape index (κ1) is 23.7. The van der Waals surface area contributed by atoms with E-state index in [1.807, 2.05) is 0 Å². The number of carbonyl (C=O) groups is 2. The Morgan fingerprint density at radius 2 is 1.94 bits per heavy atom. The molecule has 1 aliphatic rings. The van der Waals surface area contributed by atoms with E-state index in [1.165, 1.54) is 35.6 Å². The molecule has 2 amide bonds. The minimum atomic E-state index is -3.80. The summed E-state index contributed by atoms with van der Waals surface area (Å²) in [5, 5.41) is 17.9. The maximum absolute atomic E-state index is 12.5. The number of benzene rings is 1. The number of ether oxygens (including phenoxy) is 1. The van der Waals surface area contributed by atoms with Crippen LogP contribution in [-0.4, -0.2) is 37.5 Å². The van der Waals surface area contributed by atoms with E-state index in [0.717, 1.165) is 10.4 Å².